The Morgan fingerprint density at radius 2 is 1.84 bits per heavy atom. The van der Waals surface area contributed by atoms with Crippen LogP contribution in [0.2, 0.25) is 0 Å². The molecular formula is C23H26N4O4. The van der Waals surface area contributed by atoms with E-state index in [-0.39, 0.29) is 24.1 Å². The third kappa shape index (κ3) is 5.09. The molecular weight excluding hydrogens is 396 g/mol. The van der Waals surface area contributed by atoms with E-state index in [0.717, 1.165) is 11.3 Å². The molecule has 0 bridgehead atoms. The lowest BCUT2D eigenvalue weighted by molar-refractivity contribution is -0.145. The van der Waals surface area contributed by atoms with Crippen LogP contribution in [0.5, 0.6) is 5.75 Å². The molecule has 1 amide bonds. The second-order valence-electron chi connectivity index (χ2n) is 7.23. The highest BCUT2D eigenvalue weighted by Gasteiger charge is 2.27. The largest absolute Gasteiger partial charge is 0.497 e. The van der Waals surface area contributed by atoms with Crippen LogP contribution in [0, 0.1) is 12.8 Å². The molecule has 3 rings (SSSR count). The highest BCUT2D eigenvalue weighted by molar-refractivity contribution is 5.93. The first-order chi connectivity index (χ1) is 14.9. The molecule has 1 unspecified atom stereocenters. The van der Waals surface area contributed by atoms with Gasteiger partial charge in [0.2, 0.25) is 0 Å². The van der Waals surface area contributed by atoms with E-state index in [0.29, 0.717) is 18.0 Å². The highest BCUT2D eigenvalue weighted by atomic mass is 16.5. The number of aromatic nitrogens is 3. The molecule has 1 atom stereocenters. The van der Waals surface area contributed by atoms with Crippen molar-refractivity contribution in [1.29, 1.82) is 0 Å². The summed E-state index contributed by atoms with van der Waals surface area (Å²) >= 11 is 0. The quantitative estimate of drug-likeness (QED) is 0.519. The summed E-state index contributed by atoms with van der Waals surface area (Å²) in [4.78, 5) is 27.0. The summed E-state index contributed by atoms with van der Waals surface area (Å²) in [7, 11) is 2.93. The summed E-state index contributed by atoms with van der Waals surface area (Å²) in [5, 5.41) is 8.32. The predicted molar refractivity (Wildman–Crippen MR) is 115 cm³/mol. The Morgan fingerprint density at radius 1 is 1.10 bits per heavy atom. The van der Waals surface area contributed by atoms with Gasteiger partial charge in [0.05, 0.1) is 31.5 Å². The molecule has 0 spiro atoms. The van der Waals surface area contributed by atoms with Gasteiger partial charge in [0, 0.05) is 19.2 Å². The van der Waals surface area contributed by atoms with Crippen molar-refractivity contribution in [3.8, 4) is 11.4 Å². The van der Waals surface area contributed by atoms with Crippen molar-refractivity contribution in [3.05, 3.63) is 71.5 Å². The summed E-state index contributed by atoms with van der Waals surface area (Å²) in [6, 6.07) is 16.9. The first kappa shape index (κ1) is 22.0. The van der Waals surface area contributed by atoms with Gasteiger partial charge >= 0.3 is 5.97 Å². The van der Waals surface area contributed by atoms with E-state index in [1.54, 1.807) is 30.5 Å². The molecule has 8 nitrogen and oxygen atoms in total. The van der Waals surface area contributed by atoms with E-state index >= 15 is 0 Å². The number of carbonyl (C=O) groups is 2. The standard InChI is InChI=1S/C23H26N4O4/c1-16(23(29)31-4)14-26(15-18-9-6-5-7-10-18)22(28)21-17(2)27(25-24-21)19-11-8-12-20(13-19)30-3/h5-13,16H,14-15H2,1-4H3. The van der Waals surface area contributed by atoms with E-state index in [1.165, 1.54) is 7.11 Å². The maximum absolute atomic E-state index is 13.4. The highest BCUT2D eigenvalue weighted by Crippen LogP contribution is 2.20. The lowest BCUT2D eigenvalue weighted by Crippen LogP contribution is -2.37. The van der Waals surface area contributed by atoms with Gasteiger partial charge in [-0.1, -0.05) is 48.5 Å². The van der Waals surface area contributed by atoms with Gasteiger partial charge in [-0.15, -0.1) is 5.10 Å². The third-order valence-electron chi connectivity index (χ3n) is 5.00. The van der Waals surface area contributed by atoms with Crippen molar-refractivity contribution in [2.75, 3.05) is 20.8 Å². The van der Waals surface area contributed by atoms with Crippen LogP contribution in [0.3, 0.4) is 0 Å². The fourth-order valence-corrected chi connectivity index (χ4v) is 3.29. The fourth-order valence-electron chi connectivity index (χ4n) is 3.29. The van der Waals surface area contributed by atoms with Gasteiger partial charge < -0.3 is 14.4 Å². The zero-order valence-electron chi connectivity index (χ0n) is 18.1. The number of hydrogen-bond acceptors (Lipinski definition) is 6. The van der Waals surface area contributed by atoms with Crippen LogP contribution in [-0.4, -0.2) is 52.5 Å². The van der Waals surface area contributed by atoms with E-state index in [1.807, 2.05) is 54.6 Å². The molecule has 1 heterocycles. The van der Waals surface area contributed by atoms with E-state index < -0.39 is 5.92 Å². The minimum absolute atomic E-state index is 0.200. The monoisotopic (exact) mass is 422 g/mol. The van der Waals surface area contributed by atoms with Gasteiger partial charge in [-0.25, -0.2) is 4.68 Å². The van der Waals surface area contributed by atoms with Crippen LogP contribution >= 0.6 is 0 Å². The van der Waals surface area contributed by atoms with Crippen LogP contribution in [0.1, 0.15) is 28.7 Å². The average molecular weight is 422 g/mol. The van der Waals surface area contributed by atoms with Gasteiger partial charge in [0.15, 0.2) is 5.69 Å². The van der Waals surface area contributed by atoms with Crippen LogP contribution in [0.25, 0.3) is 5.69 Å². The first-order valence-electron chi connectivity index (χ1n) is 9.92. The van der Waals surface area contributed by atoms with Crippen molar-refractivity contribution >= 4 is 11.9 Å². The zero-order valence-corrected chi connectivity index (χ0v) is 18.1. The summed E-state index contributed by atoms with van der Waals surface area (Å²) in [6.07, 6.45) is 0. The van der Waals surface area contributed by atoms with Crippen molar-refractivity contribution in [3.63, 3.8) is 0 Å². The summed E-state index contributed by atoms with van der Waals surface area (Å²) in [6.45, 7) is 4.06. The normalized spacial score (nSPS) is 11.6. The minimum atomic E-state index is -0.480. The number of benzene rings is 2. The Balaban J connectivity index is 1.91. The van der Waals surface area contributed by atoms with Crippen molar-refractivity contribution in [2.24, 2.45) is 5.92 Å². The molecule has 0 aliphatic heterocycles. The Kier molecular flexibility index (Phi) is 7.02. The van der Waals surface area contributed by atoms with Crippen LogP contribution in [-0.2, 0) is 16.1 Å². The van der Waals surface area contributed by atoms with Crippen LogP contribution in [0.4, 0.5) is 0 Å². The molecule has 2 aromatic carbocycles. The molecule has 0 N–H and O–H groups in total. The molecule has 8 heteroatoms. The van der Waals surface area contributed by atoms with Crippen molar-refractivity contribution < 1.29 is 19.1 Å². The number of esters is 1. The Bertz CT molecular complexity index is 1050. The van der Waals surface area contributed by atoms with E-state index in [4.69, 9.17) is 9.47 Å². The number of carbonyl (C=O) groups excluding carboxylic acids is 2. The second kappa shape index (κ2) is 9.88. The van der Waals surface area contributed by atoms with E-state index in [2.05, 4.69) is 10.3 Å². The molecule has 31 heavy (non-hydrogen) atoms. The molecule has 0 fully saturated rings. The molecule has 1 aromatic heterocycles. The molecule has 0 saturated heterocycles. The number of methoxy groups -OCH3 is 2. The average Bonchev–Trinajstić information content (AvgIpc) is 3.19. The summed E-state index contributed by atoms with van der Waals surface area (Å²) in [5.74, 6) is -0.474. The fraction of sp³-hybridized carbons (Fsp3) is 0.304. The SMILES string of the molecule is COC(=O)C(C)CN(Cc1ccccc1)C(=O)c1nnn(-c2cccc(OC)c2)c1C. The Labute approximate surface area is 181 Å². The number of ether oxygens (including phenoxy) is 2. The van der Waals surface area contributed by atoms with Gasteiger partial charge in [0.25, 0.3) is 5.91 Å². The van der Waals surface area contributed by atoms with Gasteiger partial charge in [-0.05, 0) is 24.6 Å². The van der Waals surface area contributed by atoms with Gasteiger partial charge in [-0.2, -0.15) is 0 Å². The van der Waals surface area contributed by atoms with Gasteiger partial charge in [0.1, 0.15) is 5.75 Å². The van der Waals surface area contributed by atoms with Crippen LogP contribution < -0.4 is 4.74 Å². The van der Waals surface area contributed by atoms with E-state index in [9.17, 15) is 9.59 Å². The number of rotatable bonds is 8. The molecule has 0 saturated carbocycles. The lowest BCUT2D eigenvalue weighted by Gasteiger charge is -2.24. The topological polar surface area (TPSA) is 86.5 Å². The number of amides is 1. The summed E-state index contributed by atoms with van der Waals surface area (Å²) in [5.41, 5.74) is 2.52. The van der Waals surface area contributed by atoms with Gasteiger partial charge in [-0.3, -0.25) is 9.59 Å². The third-order valence-corrected chi connectivity index (χ3v) is 5.00. The lowest BCUT2D eigenvalue weighted by atomic mass is 10.1. The molecule has 0 aliphatic carbocycles. The first-order valence-corrected chi connectivity index (χ1v) is 9.92. The smallest absolute Gasteiger partial charge is 0.310 e. The van der Waals surface area contributed by atoms with Crippen molar-refractivity contribution in [2.45, 2.75) is 20.4 Å². The molecule has 0 radical (unpaired) electrons. The predicted octanol–water partition coefficient (Wildman–Crippen LogP) is 3.04. The van der Waals surface area contributed by atoms with Crippen molar-refractivity contribution in [1.82, 2.24) is 19.9 Å². The number of nitrogens with zero attached hydrogens (tertiary/aromatic N) is 4. The Morgan fingerprint density at radius 3 is 2.52 bits per heavy atom. The number of hydrogen-bond donors (Lipinski definition) is 0. The maximum Gasteiger partial charge on any atom is 0.310 e. The Hall–Kier alpha value is -3.68. The molecule has 162 valence electrons. The molecule has 0 aliphatic rings. The second-order valence-corrected chi connectivity index (χ2v) is 7.23. The van der Waals surface area contributed by atoms with Crippen LogP contribution in [0.15, 0.2) is 54.6 Å². The zero-order chi connectivity index (χ0) is 22.4. The maximum atomic E-state index is 13.4. The summed E-state index contributed by atoms with van der Waals surface area (Å²) < 4.78 is 11.7. The minimum Gasteiger partial charge on any atom is -0.497 e. The molecule has 3 aromatic rings.